The fraction of sp³-hybridized carbons (Fsp3) is 0.0952. The Balaban J connectivity index is 1.68. The van der Waals surface area contributed by atoms with Crippen molar-refractivity contribution in [3.63, 3.8) is 0 Å². The van der Waals surface area contributed by atoms with Gasteiger partial charge in [-0.05, 0) is 64.3 Å². The second-order valence-electron chi connectivity index (χ2n) is 5.84. The molecule has 3 aromatic rings. The number of carbonyl (C=O) groups is 1. The zero-order chi connectivity index (χ0) is 18.5. The highest BCUT2D eigenvalue weighted by Gasteiger charge is 2.10. The molecular formula is C21H17BrClNO2. The molecule has 0 heterocycles. The molecule has 0 radical (unpaired) electrons. The third-order valence-electron chi connectivity index (χ3n) is 3.86. The van der Waals surface area contributed by atoms with Crippen LogP contribution in [0.15, 0.2) is 71.2 Å². The lowest BCUT2D eigenvalue weighted by molar-refractivity contribution is 0.102. The van der Waals surface area contributed by atoms with Gasteiger partial charge in [-0.15, -0.1) is 0 Å². The summed E-state index contributed by atoms with van der Waals surface area (Å²) < 4.78 is 6.53. The van der Waals surface area contributed by atoms with Crippen LogP contribution in [0.5, 0.6) is 5.75 Å². The maximum absolute atomic E-state index is 12.4. The fourth-order valence-electron chi connectivity index (χ4n) is 2.37. The lowest BCUT2D eigenvalue weighted by Crippen LogP contribution is -2.12. The average Bonchev–Trinajstić information content (AvgIpc) is 2.64. The summed E-state index contributed by atoms with van der Waals surface area (Å²) in [6, 6.07) is 20.6. The Labute approximate surface area is 166 Å². The van der Waals surface area contributed by atoms with Crippen molar-refractivity contribution in [3.8, 4) is 5.75 Å². The molecule has 1 amide bonds. The minimum Gasteiger partial charge on any atom is -0.488 e. The van der Waals surface area contributed by atoms with E-state index < -0.39 is 0 Å². The van der Waals surface area contributed by atoms with Crippen molar-refractivity contribution in [1.29, 1.82) is 0 Å². The van der Waals surface area contributed by atoms with Crippen LogP contribution in [0.1, 0.15) is 21.5 Å². The van der Waals surface area contributed by atoms with Crippen LogP contribution < -0.4 is 10.1 Å². The van der Waals surface area contributed by atoms with Gasteiger partial charge in [0.25, 0.3) is 5.91 Å². The van der Waals surface area contributed by atoms with Crippen LogP contribution in [-0.2, 0) is 6.61 Å². The molecule has 5 heteroatoms. The minimum atomic E-state index is -0.208. The Bertz CT molecular complexity index is 929. The summed E-state index contributed by atoms with van der Waals surface area (Å²) in [4.78, 5) is 12.4. The molecule has 0 fully saturated rings. The summed E-state index contributed by atoms with van der Waals surface area (Å²) in [5, 5.41) is 3.46. The van der Waals surface area contributed by atoms with E-state index >= 15 is 0 Å². The predicted octanol–water partition coefficient (Wildman–Crippen LogP) is 6.24. The quantitative estimate of drug-likeness (QED) is 0.520. The van der Waals surface area contributed by atoms with Crippen LogP contribution in [0, 0.1) is 6.92 Å². The Morgan fingerprint density at radius 1 is 1.08 bits per heavy atom. The number of carbonyl (C=O) groups excluding carboxylic acids is 1. The van der Waals surface area contributed by atoms with Gasteiger partial charge in [-0.2, -0.15) is 0 Å². The number of ether oxygens (including phenoxy) is 1. The second-order valence-corrected chi connectivity index (χ2v) is 7.10. The van der Waals surface area contributed by atoms with E-state index in [-0.39, 0.29) is 5.91 Å². The van der Waals surface area contributed by atoms with Crippen molar-refractivity contribution in [2.24, 2.45) is 0 Å². The third kappa shape index (κ3) is 4.65. The summed E-state index contributed by atoms with van der Waals surface area (Å²) in [7, 11) is 0. The summed E-state index contributed by atoms with van der Waals surface area (Å²) >= 11 is 9.57. The van der Waals surface area contributed by atoms with Gasteiger partial charge in [0.15, 0.2) is 0 Å². The molecule has 3 rings (SSSR count). The van der Waals surface area contributed by atoms with Crippen LogP contribution in [-0.4, -0.2) is 5.91 Å². The standard InChI is InChI=1S/C21H17BrClNO2/c1-14-7-9-17(12-19(14)23)24-21(25)16-8-10-20(18(22)11-16)26-13-15-5-3-2-4-6-15/h2-12H,13H2,1H3,(H,24,25). The van der Waals surface area contributed by atoms with Gasteiger partial charge >= 0.3 is 0 Å². The smallest absolute Gasteiger partial charge is 0.255 e. The minimum absolute atomic E-state index is 0.208. The van der Waals surface area contributed by atoms with Crippen molar-refractivity contribution in [2.75, 3.05) is 5.32 Å². The zero-order valence-corrected chi connectivity index (χ0v) is 16.5. The van der Waals surface area contributed by atoms with Crippen LogP contribution in [0.3, 0.4) is 0 Å². The highest BCUT2D eigenvalue weighted by molar-refractivity contribution is 9.10. The Kier molecular flexibility index (Phi) is 5.96. The van der Waals surface area contributed by atoms with E-state index in [1.54, 1.807) is 24.3 Å². The molecule has 0 aliphatic heterocycles. The van der Waals surface area contributed by atoms with E-state index in [0.29, 0.717) is 28.6 Å². The van der Waals surface area contributed by atoms with Gasteiger partial charge < -0.3 is 10.1 Å². The summed E-state index contributed by atoms with van der Waals surface area (Å²) in [5.41, 5.74) is 3.23. The normalized spacial score (nSPS) is 10.4. The second kappa shape index (κ2) is 8.39. The van der Waals surface area contributed by atoms with Gasteiger partial charge in [-0.1, -0.05) is 48.0 Å². The SMILES string of the molecule is Cc1ccc(NC(=O)c2ccc(OCc3ccccc3)c(Br)c2)cc1Cl. The zero-order valence-electron chi connectivity index (χ0n) is 14.1. The Hall–Kier alpha value is -2.30. The molecule has 1 N–H and O–H groups in total. The number of rotatable bonds is 5. The first kappa shape index (κ1) is 18.5. The molecule has 3 nitrogen and oxygen atoms in total. The molecule has 0 saturated carbocycles. The third-order valence-corrected chi connectivity index (χ3v) is 4.89. The molecule has 0 unspecified atom stereocenters. The molecular weight excluding hydrogens is 414 g/mol. The number of anilines is 1. The maximum Gasteiger partial charge on any atom is 0.255 e. The number of aryl methyl sites for hydroxylation is 1. The number of halogens is 2. The molecule has 0 saturated heterocycles. The molecule has 0 aliphatic rings. The summed E-state index contributed by atoms with van der Waals surface area (Å²) in [6.07, 6.45) is 0. The van der Waals surface area contributed by atoms with E-state index in [9.17, 15) is 4.79 Å². The molecule has 132 valence electrons. The highest BCUT2D eigenvalue weighted by Crippen LogP contribution is 2.27. The fourth-order valence-corrected chi connectivity index (χ4v) is 3.04. The molecule has 0 spiro atoms. The molecule has 0 aromatic heterocycles. The predicted molar refractivity (Wildman–Crippen MR) is 109 cm³/mol. The van der Waals surface area contributed by atoms with Gasteiger partial charge in [0.2, 0.25) is 0 Å². The number of amides is 1. The molecule has 0 aliphatic carbocycles. The summed E-state index contributed by atoms with van der Waals surface area (Å²) in [5.74, 6) is 0.476. The van der Waals surface area contributed by atoms with Gasteiger partial charge in [0.1, 0.15) is 12.4 Å². The van der Waals surface area contributed by atoms with Crippen molar-refractivity contribution in [1.82, 2.24) is 0 Å². The molecule has 0 bridgehead atoms. The molecule has 26 heavy (non-hydrogen) atoms. The number of nitrogens with one attached hydrogen (secondary N) is 1. The number of hydrogen-bond acceptors (Lipinski definition) is 2. The largest absolute Gasteiger partial charge is 0.488 e. The van der Waals surface area contributed by atoms with Crippen LogP contribution in [0.2, 0.25) is 5.02 Å². The van der Waals surface area contributed by atoms with E-state index in [4.69, 9.17) is 16.3 Å². The van der Waals surface area contributed by atoms with Crippen molar-refractivity contribution >= 4 is 39.1 Å². The molecule has 0 atom stereocenters. The van der Waals surface area contributed by atoms with Gasteiger partial charge in [0, 0.05) is 16.3 Å². The highest BCUT2D eigenvalue weighted by atomic mass is 79.9. The van der Waals surface area contributed by atoms with E-state index in [2.05, 4.69) is 21.2 Å². The lowest BCUT2D eigenvalue weighted by Gasteiger charge is -2.11. The first-order chi connectivity index (χ1) is 12.5. The van der Waals surface area contributed by atoms with Gasteiger partial charge in [-0.3, -0.25) is 4.79 Å². The van der Waals surface area contributed by atoms with Crippen LogP contribution in [0.25, 0.3) is 0 Å². The van der Waals surface area contributed by atoms with Gasteiger partial charge in [0.05, 0.1) is 4.47 Å². The van der Waals surface area contributed by atoms with Crippen LogP contribution >= 0.6 is 27.5 Å². The number of hydrogen-bond donors (Lipinski definition) is 1. The van der Waals surface area contributed by atoms with Crippen molar-refractivity contribution in [3.05, 3.63) is 92.9 Å². The first-order valence-electron chi connectivity index (χ1n) is 8.07. The van der Waals surface area contributed by atoms with Crippen LogP contribution in [0.4, 0.5) is 5.69 Å². The monoisotopic (exact) mass is 429 g/mol. The topological polar surface area (TPSA) is 38.3 Å². The number of benzene rings is 3. The van der Waals surface area contributed by atoms with E-state index in [0.717, 1.165) is 15.6 Å². The van der Waals surface area contributed by atoms with E-state index in [1.165, 1.54) is 0 Å². The Morgan fingerprint density at radius 2 is 1.85 bits per heavy atom. The van der Waals surface area contributed by atoms with Crippen molar-refractivity contribution < 1.29 is 9.53 Å². The van der Waals surface area contributed by atoms with Crippen molar-refractivity contribution in [2.45, 2.75) is 13.5 Å². The maximum atomic E-state index is 12.4. The Morgan fingerprint density at radius 3 is 2.54 bits per heavy atom. The molecule has 3 aromatic carbocycles. The van der Waals surface area contributed by atoms with E-state index in [1.807, 2.05) is 49.4 Å². The summed E-state index contributed by atoms with van der Waals surface area (Å²) in [6.45, 7) is 2.38. The first-order valence-corrected chi connectivity index (χ1v) is 9.24. The lowest BCUT2D eigenvalue weighted by atomic mass is 10.2. The average molecular weight is 431 g/mol. The van der Waals surface area contributed by atoms with Gasteiger partial charge in [-0.25, -0.2) is 0 Å².